The quantitative estimate of drug-likeness (QED) is 0.400. The van der Waals surface area contributed by atoms with E-state index in [4.69, 9.17) is 11.5 Å². The highest BCUT2D eigenvalue weighted by Crippen LogP contribution is 2.12. The summed E-state index contributed by atoms with van der Waals surface area (Å²) in [6, 6.07) is 9.20. The van der Waals surface area contributed by atoms with E-state index < -0.39 is 5.66 Å². The molecule has 0 aliphatic carbocycles. The van der Waals surface area contributed by atoms with Gasteiger partial charge in [0.05, 0.1) is 0 Å². The van der Waals surface area contributed by atoms with E-state index in [1.165, 1.54) is 12.2 Å². The van der Waals surface area contributed by atoms with Gasteiger partial charge in [-0.15, -0.1) is 0 Å². The van der Waals surface area contributed by atoms with Crippen LogP contribution in [0.25, 0.3) is 0 Å². The zero-order chi connectivity index (χ0) is 9.73. The largest absolute Gasteiger partial charge is 0.306 e. The van der Waals surface area contributed by atoms with E-state index in [2.05, 4.69) is 0 Å². The minimum atomic E-state index is -1.07. The van der Waals surface area contributed by atoms with Crippen molar-refractivity contribution in [2.75, 3.05) is 0 Å². The lowest BCUT2D eigenvalue weighted by molar-refractivity contribution is -0.104. The third-order valence-electron chi connectivity index (χ3n) is 1.72. The molecule has 0 saturated heterocycles. The van der Waals surface area contributed by atoms with Crippen molar-refractivity contribution >= 4 is 6.29 Å². The monoisotopic (exact) mass is 176 g/mol. The van der Waals surface area contributed by atoms with Gasteiger partial charge in [-0.25, -0.2) is 0 Å². The van der Waals surface area contributed by atoms with Crippen LogP contribution in [-0.4, -0.2) is 6.29 Å². The molecule has 0 spiro atoms. The van der Waals surface area contributed by atoms with Gasteiger partial charge in [-0.1, -0.05) is 30.3 Å². The molecule has 3 nitrogen and oxygen atoms in total. The average Bonchev–Trinajstić information content (AvgIpc) is 2.16. The molecule has 13 heavy (non-hydrogen) atoms. The Morgan fingerprint density at radius 2 is 1.77 bits per heavy atom. The van der Waals surface area contributed by atoms with Gasteiger partial charge in [-0.05, 0) is 17.7 Å². The standard InChI is InChI=1S/C10H12N2O/c11-10(12,7-4-8-13)9-5-2-1-3-6-9/h1-8H,11-12H2/b7-4+. The third-order valence-corrected chi connectivity index (χ3v) is 1.72. The van der Waals surface area contributed by atoms with Gasteiger partial charge in [0.1, 0.15) is 11.9 Å². The van der Waals surface area contributed by atoms with E-state index >= 15 is 0 Å². The molecule has 0 fully saturated rings. The van der Waals surface area contributed by atoms with Crippen molar-refractivity contribution in [3.05, 3.63) is 48.0 Å². The zero-order valence-corrected chi connectivity index (χ0v) is 7.18. The molecule has 0 heterocycles. The Hall–Kier alpha value is -1.45. The first kappa shape index (κ1) is 9.64. The number of hydrogen-bond donors (Lipinski definition) is 2. The Kier molecular flexibility index (Phi) is 2.95. The second-order valence-electron chi connectivity index (χ2n) is 2.79. The average molecular weight is 176 g/mol. The zero-order valence-electron chi connectivity index (χ0n) is 7.18. The van der Waals surface area contributed by atoms with Crippen LogP contribution in [0.3, 0.4) is 0 Å². The lowest BCUT2D eigenvalue weighted by Gasteiger charge is -2.20. The maximum Gasteiger partial charge on any atom is 0.142 e. The molecule has 0 aliphatic rings. The van der Waals surface area contributed by atoms with Crippen molar-refractivity contribution in [3.8, 4) is 0 Å². The van der Waals surface area contributed by atoms with Crippen LogP contribution in [-0.2, 0) is 10.5 Å². The fourth-order valence-electron chi connectivity index (χ4n) is 1.02. The fraction of sp³-hybridized carbons (Fsp3) is 0.100. The molecule has 0 aromatic heterocycles. The van der Waals surface area contributed by atoms with Crippen LogP contribution in [0.15, 0.2) is 42.5 Å². The summed E-state index contributed by atoms with van der Waals surface area (Å²) in [6.45, 7) is 0. The SMILES string of the molecule is NC(N)(/C=C/C=O)c1ccccc1. The fourth-order valence-corrected chi connectivity index (χ4v) is 1.02. The van der Waals surface area contributed by atoms with E-state index in [9.17, 15) is 4.79 Å². The molecule has 1 aromatic rings. The molecule has 4 N–H and O–H groups in total. The highest BCUT2D eigenvalue weighted by atomic mass is 16.1. The van der Waals surface area contributed by atoms with Crippen LogP contribution in [0.5, 0.6) is 0 Å². The molecule has 0 bridgehead atoms. The first-order chi connectivity index (χ1) is 6.17. The Labute approximate surface area is 77.0 Å². The van der Waals surface area contributed by atoms with Gasteiger partial charge in [0, 0.05) is 0 Å². The lowest BCUT2D eigenvalue weighted by atomic mass is 10.0. The Morgan fingerprint density at radius 3 is 2.31 bits per heavy atom. The smallest absolute Gasteiger partial charge is 0.142 e. The molecular weight excluding hydrogens is 164 g/mol. The van der Waals surface area contributed by atoms with Crippen molar-refractivity contribution in [1.82, 2.24) is 0 Å². The molecule has 0 amide bonds. The van der Waals surface area contributed by atoms with Gasteiger partial charge < -0.3 is 11.5 Å². The van der Waals surface area contributed by atoms with Crippen LogP contribution in [0.4, 0.5) is 0 Å². The molecule has 0 aliphatic heterocycles. The summed E-state index contributed by atoms with van der Waals surface area (Å²) in [5.41, 5.74) is 11.2. The molecular formula is C10H12N2O. The van der Waals surface area contributed by atoms with Crippen LogP contribution in [0.1, 0.15) is 5.56 Å². The van der Waals surface area contributed by atoms with Crippen molar-refractivity contribution in [2.45, 2.75) is 5.66 Å². The van der Waals surface area contributed by atoms with Gasteiger partial charge in [0.15, 0.2) is 0 Å². The summed E-state index contributed by atoms with van der Waals surface area (Å²) in [6.07, 6.45) is 3.42. The van der Waals surface area contributed by atoms with E-state index in [1.54, 1.807) is 0 Å². The predicted molar refractivity (Wildman–Crippen MR) is 51.7 cm³/mol. The van der Waals surface area contributed by atoms with Crippen LogP contribution in [0, 0.1) is 0 Å². The minimum absolute atomic E-state index is 0.650. The van der Waals surface area contributed by atoms with E-state index in [0.29, 0.717) is 6.29 Å². The highest BCUT2D eigenvalue weighted by molar-refractivity contribution is 5.65. The summed E-state index contributed by atoms with van der Waals surface area (Å²) in [7, 11) is 0. The molecule has 68 valence electrons. The first-order valence-electron chi connectivity index (χ1n) is 3.93. The lowest BCUT2D eigenvalue weighted by Crippen LogP contribution is -2.44. The van der Waals surface area contributed by atoms with E-state index in [1.807, 2.05) is 30.3 Å². The van der Waals surface area contributed by atoms with Gasteiger partial charge >= 0.3 is 0 Å². The second kappa shape index (κ2) is 3.98. The summed E-state index contributed by atoms with van der Waals surface area (Å²) in [5.74, 6) is 0. The van der Waals surface area contributed by atoms with E-state index in [0.717, 1.165) is 5.56 Å². The van der Waals surface area contributed by atoms with E-state index in [-0.39, 0.29) is 0 Å². The van der Waals surface area contributed by atoms with Crippen LogP contribution >= 0.6 is 0 Å². The molecule has 0 unspecified atom stereocenters. The van der Waals surface area contributed by atoms with Gasteiger partial charge in [0.2, 0.25) is 0 Å². The number of carbonyl (C=O) groups excluding carboxylic acids is 1. The van der Waals surface area contributed by atoms with Crippen molar-refractivity contribution in [2.24, 2.45) is 11.5 Å². The number of rotatable bonds is 3. The molecule has 1 aromatic carbocycles. The molecule has 1 rings (SSSR count). The number of allylic oxidation sites excluding steroid dienone is 1. The molecule has 3 heteroatoms. The topological polar surface area (TPSA) is 69.1 Å². The Morgan fingerprint density at radius 1 is 1.15 bits per heavy atom. The summed E-state index contributed by atoms with van der Waals surface area (Å²) in [5, 5.41) is 0. The van der Waals surface area contributed by atoms with Gasteiger partial charge in [-0.3, -0.25) is 4.79 Å². The highest BCUT2D eigenvalue weighted by Gasteiger charge is 2.16. The van der Waals surface area contributed by atoms with Crippen LogP contribution < -0.4 is 11.5 Å². The molecule has 0 saturated carbocycles. The number of carbonyl (C=O) groups is 1. The second-order valence-corrected chi connectivity index (χ2v) is 2.79. The predicted octanol–water partition coefficient (Wildman–Crippen LogP) is 0.512. The first-order valence-corrected chi connectivity index (χ1v) is 3.93. The van der Waals surface area contributed by atoms with Crippen molar-refractivity contribution in [3.63, 3.8) is 0 Å². The van der Waals surface area contributed by atoms with Crippen molar-refractivity contribution < 1.29 is 4.79 Å². The third kappa shape index (κ3) is 2.50. The maximum absolute atomic E-state index is 10.1. The summed E-state index contributed by atoms with van der Waals surface area (Å²) >= 11 is 0. The molecule has 0 radical (unpaired) electrons. The summed E-state index contributed by atoms with van der Waals surface area (Å²) in [4.78, 5) is 10.1. The number of aldehydes is 1. The Balaban J connectivity index is 2.93. The number of nitrogens with two attached hydrogens (primary N) is 2. The molecule has 0 atom stereocenters. The van der Waals surface area contributed by atoms with Gasteiger partial charge in [0.25, 0.3) is 0 Å². The van der Waals surface area contributed by atoms with Gasteiger partial charge in [-0.2, -0.15) is 0 Å². The van der Waals surface area contributed by atoms with Crippen LogP contribution in [0.2, 0.25) is 0 Å². The Bertz CT molecular complexity index is 304. The maximum atomic E-state index is 10.1. The number of benzene rings is 1. The summed E-state index contributed by atoms with van der Waals surface area (Å²) < 4.78 is 0. The number of hydrogen-bond acceptors (Lipinski definition) is 3. The van der Waals surface area contributed by atoms with Crippen molar-refractivity contribution in [1.29, 1.82) is 0 Å². The normalized spacial score (nSPS) is 11.8. The minimum Gasteiger partial charge on any atom is -0.306 e.